The van der Waals surface area contributed by atoms with Crippen LogP contribution in [0.2, 0.25) is 0 Å². The lowest BCUT2D eigenvalue weighted by atomic mass is 10.1. The number of nitrogens with one attached hydrogen (secondary N) is 1. The highest BCUT2D eigenvalue weighted by Crippen LogP contribution is 2.07. The first-order valence-corrected chi connectivity index (χ1v) is 6.61. The van der Waals surface area contributed by atoms with Gasteiger partial charge in [0.1, 0.15) is 5.60 Å². The maximum atomic E-state index is 11.8. The summed E-state index contributed by atoms with van der Waals surface area (Å²) in [5.41, 5.74) is 1.83. The molecule has 1 atom stereocenters. The van der Waals surface area contributed by atoms with Crippen LogP contribution in [0.5, 0.6) is 0 Å². The van der Waals surface area contributed by atoms with Crippen LogP contribution < -0.4 is 5.32 Å². The molecule has 0 radical (unpaired) electrons. The second-order valence-electron chi connectivity index (χ2n) is 4.99. The zero-order chi connectivity index (χ0) is 13.8. The SMILES string of the molecule is CC(NC(=O)OC(C)(C)C)C(=O)Cc1cscn1. The molecule has 0 aliphatic rings. The third kappa shape index (κ3) is 5.27. The van der Waals surface area contributed by atoms with E-state index in [1.165, 1.54) is 11.3 Å². The van der Waals surface area contributed by atoms with Crippen molar-refractivity contribution in [2.45, 2.75) is 45.8 Å². The quantitative estimate of drug-likeness (QED) is 0.910. The maximum absolute atomic E-state index is 11.8. The molecule has 1 unspecified atom stereocenters. The number of nitrogens with zero attached hydrogens (tertiary/aromatic N) is 1. The molecule has 18 heavy (non-hydrogen) atoms. The van der Waals surface area contributed by atoms with Crippen LogP contribution in [-0.2, 0) is 16.0 Å². The number of rotatable bonds is 4. The van der Waals surface area contributed by atoms with Crippen LogP contribution in [0.15, 0.2) is 10.9 Å². The van der Waals surface area contributed by atoms with E-state index in [0.29, 0.717) is 0 Å². The van der Waals surface area contributed by atoms with E-state index in [9.17, 15) is 9.59 Å². The van der Waals surface area contributed by atoms with Crippen molar-refractivity contribution in [3.05, 3.63) is 16.6 Å². The van der Waals surface area contributed by atoms with Gasteiger partial charge in [0, 0.05) is 5.38 Å². The Balaban J connectivity index is 2.42. The lowest BCUT2D eigenvalue weighted by Gasteiger charge is -2.21. The number of alkyl carbamates (subject to hydrolysis) is 1. The van der Waals surface area contributed by atoms with Crippen molar-refractivity contribution in [2.24, 2.45) is 0 Å². The fourth-order valence-corrected chi connectivity index (χ4v) is 1.78. The van der Waals surface area contributed by atoms with Crippen molar-refractivity contribution in [1.82, 2.24) is 10.3 Å². The van der Waals surface area contributed by atoms with Gasteiger partial charge in [0.2, 0.25) is 0 Å². The smallest absolute Gasteiger partial charge is 0.408 e. The van der Waals surface area contributed by atoms with Gasteiger partial charge in [-0.3, -0.25) is 4.79 Å². The zero-order valence-electron chi connectivity index (χ0n) is 11.0. The number of ketones is 1. The third-order valence-corrected chi connectivity index (χ3v) is 2.69. The second-order valence-corrected chi connectivity index (χ2v) is 5.71. The van der Waals surface area contributed by atoms with E-state index in [0.717, 1.165) is 5.69 Å². The van der Waals surface area contributed by atoms with E-state index in [2.05, 4.69) is 10.3 Å². The molecule has 100 valence electrons. The Bertz CT molecular complexity index is 409. The van der Waals surface area contributed by atoms with E-state index in [-0.39, 0.29) is 12.2 Å². The van der Waals surface area contributed by atoms with Crippen molar-refractivity contribution in [1.29, 1.82) is 0 Å². The average Bonchev–Trinajstić information content (AvgIpc) is 2.66. The summed E-state index contributed by atoms with van der Waals surface area (Å²) in [6, 6.07) is -0.582. The Morgan fingerprint density at radius 3 is 2.67 bits per heavy atom. The van der Waals surface area contributed by atoms with Gasteiger partial charge in [-0.25, -0.2) is 9.78 Å². The largest absolute Gasteiger partial charge is 0.444 e. The van der Waals surface area contributed by atoms with Crippen molar-refractivity contribution in [3.63, 3.8) is 0 Å². The topological polar surface area (TPSA) is 68.3 Å². The molecule has 1 rings (SSSR count). The van der Waals surface area contributed by atoms with E-state index in [1.807, 2.05) is 5.38 Å². The maximum Gasteiger partial charge on any atom is 0.408 e. The molecule has 1 heterocycles. The Labute approximate surface area is 111 Å². The van der Waals surface area contributed by atoms with E-state index in [4.69, 9.17) is 4.74 Å². The summed E-state index contributed by atoms with van der Waals surface area (Å²) in [5.74, 6) is -0.0910. The van der Waals surface area contributed by atoms with Gasteiger partial charge in [-0.2, -0.15) is 0 Å². The Kier molecular flexibility index (Phi) is 4.84. The highest BCUT2D eigenvalue weighted by molar-refractivity contribution is 7.07. The predicted molar refractivity (Wildman–Crippen MR) is 69.7 cm³/mol. The Morgan fingerprint density at radius 2 is 2.17 bits per heavy atom. The molecule has 1 amide bonds. The Hall–Kier alpha value is -1.43. The highest BCUT2D eigenvalue weighted by Gasteiger charge is 2.21. The van der Waals surface area contributed by atoms with Crippen LogP contribution in [0.1, 0.15) is 33.4 Å². The van der Waals surface area contributed by atoms with Crippen LogP contribution in [-0.4, -0.2) is 28.5 Å². The summed E-state index contributed by atoms with van der Waals surface area (Å²) in [5, 5.41) is 4.33. The van der Waals surface area contributed by atoms with Gasteiger partial charge in [0.25, 0.3) is 0 Å². The van der Waals surface area contributed by atoms with E-state index < -0.39 is 17.7 Å². The van der Waals surface area contributed by atoms with Gasteiger partial charge in [-0.05, 0) is 27.7 Å². The molecule has 6 heteroatoms. The first-order valence-electron chi connectivity index (χ1n) is 5.67. The van der Waals surface area contributed by atoms with Crippen LogP contribution in [0.25, 0.3) is 0 Å². The summed E-state index contributed by atoms with van der Waals surface area (Å²) in [6.45, 7) is 6.95. The first-order chi connectivity index (χ1) is 8.28. The molecule has 1 N–H and O–H groups in total. The predicted octanol–water partition coefficient (Wildman–Crippen LogP) is 2.17. The minimum atomic E-state index is -0.582. The molecule has 0 bridgehead atoms. The number of hydrogen-bond donors (Lipinski definition) is 1. The van der Waals surface area contributed by atoms with E-state index in [1.54, 1.807) is 33.2 Å². The van der Waals surface area contributed by atoms with Crippen molar-refractivity contribution in [2.75, 3.05) is 0 Å². The first kappa shape index (κ1) is 14.6. The number of amides is 1. The summed E-state index contributed by atoms with van der Waals surface area (Å²) in [4.78, 5) is 27.3. The van der Waals surface area contributed by atoms with Gasteiger partial charge in [0.05, 0.1) is 23.7 Å². The van der Waals surface area contributed by atoms with Gasteiger partial charge in [-0.15, -0.1) is 11.3 Å². The number of Topliss-reactive ketones (excluding diaryl/α,β-unsaturated/α-hetero) is 1. The molecule has 1 aromatic heterocycles. The molecule has 0 saturated heterocycles. The fraction of sp³-hybridized carbons (Fsp3) is 0.583. The average molecular weight is 270 g/mol. The summed E-state index contributed by atoms with van der Waals surface area (Å²) < 4.78 is 5.08. The molecule has 0 saturated carbocycles. The van der Waals surface area contributed by atoms with Crippen molar-refractivity contribution in [3.8, 4) is 0 Å². The normalized spacial score (nSPS) is 12.9. The lowest BCUT2D eigenvalue weighted by molar-refractivity contribution is -0.120. The molecule has 0 aliphatic heterocycles. The molecule has 0 aromatic carbocycles. The van der Waals surface area contributed by atoms with Crippen LogP contribution in [0, 0.1) is 0 Å². The van der Waals surface area contributed by atoms with Gasteiger partial charge in [-0.1, -0.05) is 0 Å². The minimum Gasteiger partial charge on any atom is -0.444 e. The second kappa shape index (κ2) is 5.95. The Morgan fingerprint density at radius 1 is 1.50 bits per heavy atom. The number of ether oxygens (including phenoxy) is 1. The highest BCUT2D eigenvalue weighted by atomic mass is 32.1. The van der Waals surface area contributed by atoms with E-state index >= 15 is 0 Å². The number of thiazole rings is 1. The van der Waals surface area contributed by atoms with Gasteiger partial charge >= 0.3 is 6.09 Å². The monoisotopic (exact) mass is 270 g/mol. The van der Waals surface area contributed by atoms with Crippen molar-refractivity contribution >= 4 is 23.2 Å². The molecule has 0 fully saturated rings. The lowest BCUT2D eigenvalue weighted by Crippen LogP contribution is -2.42. The number of carbonyl (C=O) groups excluding carboxylic acids is 2. The third-order valence-electron chi connectivity index (χ3n) is 2.06. The molecular weight excluding hydrogens is 252 g/mol. The summed E-state index contributed by atoms with van der Waals surface area (Å²) >= 11 is 1.44. The van der Waals surface area contributed by atoms with Gasteiger partial charge in [0.15, 0.2) is 5.78 Å². The number of hydrogen-bond acceptors (Lipinski definition) is 5. The van der Waals surface area contributed by atoms with Crippen molar-refractivity contribution < 1.29 is 14.3 Å². The summed E-state index contributed by atoms with van der Waals surface area (Å²) in [6.07, 6.45) is -0.359. The fourth-order valence-electron chi connectivity index (χ4n) is 1.22. The van der Waals surface area contributed by atoms with Gasteiger partial charge < -0.3 is 10.1 Å². The van der Waals surface area contributed by atoms with Crippen LogP contribution >= 0.6 is 11.3 Å². The summed E-state index contributed by atoms with van der Waals surface area (Å²) in [7, 11) is 0. The zero-order valence-corrected chi connectivity index (χ0v) is 11.8. The minimum absolute atomic E-state index is 0.0910. The van der Waals surface area contributed by atoms with Crippen LogP contribution in [0.3, 0.4) is 0 Å². The molecular formula is C12H18N2O3S. The standard InChI is InChI=1S/C12H18N2O3S/c1-8(14-11(16)17-12(2,3)4)10(15)5-9-6-18-7-13-9/h6-8H,5H2,1-4H3,(H,14,16). The van der Waals surface area contributed by atoms with Crippen LogP contribution in [0.4, 0.5) is 4.79 Å². The molecule has 5 nitrogen and oxygen atoms in total. The molecule has 0 spiro atoms. The molecule has 1 aromatic rings. The number of carbonyl (C=O) groups is 2. The number of aromatic nitrogens is 1. The molecule has 0 aliphatic carbocycles.